The molecule has 27 heavy (non-hydrogen) atoms. The van der Waals surface area contributed by atoms with Crippen LogP contribution in [0.4, 0.5) is 20.2 Å². The number of halogens is 2. The summed E-state index contributed by atoms with van der Waals surface area (Å²) in [4.78, 5) is 18.8. The molecule has 0 spiro atoms. The second-order valence-corrected chi connectivity index (χ2v) is 6.45. The Kier molecular flexibility index (Phi) is 4.54. The van der Waals surface area contributed by atoms with E-state index < -0.39 is 17.5 Å². The van der Waals surface area contributed by atoms with Gasteiger partial charge in [-0.15, -0.1) is 0 Å². The first-order valence-electron chi connectivity index (χ1n) is 8.63. The summed E-state index contributed by atoms with van der Waals surface area (Å²) < 4.78 is 26.8. The summed E-state index contributed by atoms with van der Waals surface area (Å²) in [5.41, 5.74) is 3.67. The number of hydrogen-bond acceptors (Lipinski definition) is 3. The van der Waals surface area contributed by atoms with Crippen molar-refractivity contribution in [1.82, 2.24) is 4.98 Å². The molecule has 2 heterocycles. The summed E-state index contributed by atoms with van der Waals surface area (Å²) in [5, 5.41) is 2.46. The molecule has 1 aliphatic rings. The maximum absolute atomic E-state index is 13.8. The van der Waals surface area contributed by atoms with E-state index in [4.69, 9.17) is 0 Å². The minimum Gasteiger partial charge on any atom is -0.366 e. The van der Waals surface area contributed by atoms with Crippen LogP contribution in [0.5, 0.6) is 0 Å². The van der Waals surface area contributed by atoms with Gasteiger partial charge in [0.2, 0.25) is 0 Å². The van der Waals surface area contributed by atoms with Crippen LogP contribution < -0.4 is 10.2 Å². The van der Waals surface area contributed by atoms with Gasteiger partial charge in [-0.3, -0.25) is 9.78 Å². The van der Waals surface area contributed by atoms with E-state index in [1.54, 1.807) is 12.3 Å². The largest absolute Gasteiger partial charge is 0.366 e. The number of aromatic nitrogens is 1. The molecular formula is C21H17F2N3O. The Morgan fingerprint density at radius 1 is 1.04 bits per heavy atom. The summed E-state index contributed by atoms with van der Waals surface area (Å²) >= 11 is 0. The maximum Gasteiger partial charge on any atom is 0.257 e. The molecule has 1 N–H and O–H groups in total. The van der Waals surface area contributed by atoms with Gasteiger partial charge in [0.25, 0.3) is 5.91 Å². The maximum atomic E-state index is 13.8. The molecule has 4 rings (SSSR count). The third kappa shape index (κ3) is 3.65. The number of benzene rings is 2. The number of amides is 1. The highest BCUT2D eigenvalue weighted by molar-refractivity contribution is 6.04. The number of pyridine rings is 1. The van der Waals surface area contributed by atoms with E-state index in [0.29, 0.717) is 5.56 Å². The van der Waals surface area contributed by atoms with Gasteiger partial charge < -0.3 is 10.2 Å². The third-order valence-corrected chi connectivity index (χ3v) is 4.66. The van der Waals surface area contributed by atoms with Crippen molar-refractivity contribution >= 4 is 17.3 Å². The second-order valence-electron chi connectivity index (χ2n) is 6.45. The Morgan fingerprint density at radius 2 is 1.85 bits per heavy atom. The molecule has 0 radical (unpaired) electrons. The molecule has 1 aliphatic heterocycles. The monoisotopic (exact) mass is 365 g/mol. The van der Waals surface area contributed by atoms with Crippen molar-refractivity contribution < 1.29 is 13.6 Å². The van der Waals surface area contributed by atoms with Crippen molar-refractivity contribution in [2.75, 3.05) is 16.8 Å². The minimum atomic E-state index is -0.819. The lowest BCUT2D eigenvalue weighted by Crippen LogP contribution is -2.30. The molecule has 0 aliphatic carbocycles. The molecule has 0 saturated heterocycles. The van der Waals surface area contributed by atoms with Crippen molar-refractivity contribution in [1.29, 1.82) is 0 Å². The van der Waals surface area contributed by atoms with E-state index in [-0.39, 0.29) is 5.69 Å². The fourth-order valence-electron chi connectivity index (χ4n) is 3.23. The molecule has 136 valence electrons. The molecule has 4 nitrogen and oxygen atoms in total. The molecule has 0 unspecified atom stereocenters. The van der Waals surface area contributed by atoms with Crippen LogP contribution in [-0.4, -0.2) is 17.4 Å². The molecule has 6 heteroatoms. The predicted octanol–water partition coefficient (Wildman–Crippen LogP) is 4.17. The highest BCUT2D eigenvalue weighted by atomic mass is 19.1. The Labute approximate surface area is 155 Å². The third-order valence-electron chi connectivity index (χ3n) is 4.66. The topological polar surface area (TPSA) is 45.2 Å². The normalized spacial score (nSPS) is 13.2. The standard InChI is InChI=1S/C21H17F2N3O/c22-17-5-6-20(19(23)10-17)25-21(27)16-9-18(12-24-11-16)26-8-7-14-3-1-2-4-15(14)13-26/h1-6,9-12H,7-8,13H2,(H,25,27). The number of nitrogens with one attached hydrogen (secondary N) is 1. The van der Waals surface area contributed by atoms with Crippen LogP contribution >= 0.6 is 0 Å². The van der Waals surface area contributed by atoms with Gasteiger partial charge in [-0.25, -0.2) is 8.78 Å². The summed E-state index contributed by atoms with van der Waals surface area (Å²) in [7, 11) is 0. The van der Waals surface area contributed by atoms with E-state index in [9.17, 15) is 13.6 Å². The zero-order valence-electron chi connectivity index (χ0n) is 14.5. The van der Waals surface area contributed by atoms with Gasteiger partial charge in [0, 0.05) is 25.4 Å². The van der Waals surface area contributed by atoms with E-state index in [1.807, 2.05) is 12.1 Å². The number of fused-ring (bicyclic) bond motifs is 1. The first-order valence-corrected chi connectivity index (χ1v) is 8.63. The molecule has 1 aromatic heterocycles. The molecule has 1 amide bonds. The first-order chi connectivity index (χ1) is 13.1. The molecular weight excluding hydrogens is 348 g/mol. The van der Waals surface area contributed by atoms with Gasteiger partial charge in [-0.1, -0.05) is 24.3 Å². The smallest absolute Gasteiger partial charge is 0.257 e. The van der Waals surface area contributed by atoms with Crippen LogP contribution in [0, 0.1) is 11.6 Å². The van der Waals surface area contributed by atoms with E-state index in [2.05, 4.69) is 27.3 Å². The lowest BCUT2D eigenvalue weighted by atomic mass is 9.99. The van der Waals surface area contributed by atoms with E-state index in [0.717, 1.165) is 37.3 Å². The number of anilines is 2. The molecule has 2 aromatic carbocycles. The number of nitrogens with zero attached hydrogens (tertiary/aromatic N) is 2. The molecule has 0 bridgehead atoms. The highest BCUT2D eigenvalue weighted by Gasteiger charge is 2.18. The van der Waals surface area contributed by atoms with Crippen LogP contribution in [0.1, 0.15) is 21.5 Å². The Hall–Kier alpha value is -3.28. The summed E-state index contributed by atoms with van der Waals surface area (Å²) in [6.07, 6.45) is 4.06. The Morgan fingerprint density at radius 3 is 2.67 bits per heavy atom. The fraction of sp³-hybridized carbons (Fsp3) is 0.143. The first kappa shape index (κ1) is 17.1. The van der Waals surface area contributed by atoms with Gasteiger partial charge >= 0.3 is 0 Å². The van der Waals surface area contributed by atoms with Crippen molar-refractivity contribution in [3.05, 3.63) is 89.2 Å². The molecule has 0 saturated carbocycles. The number of carbonyl (C=O) groups excluding carboxylic acids is 1. The van der Waals surface area contributed by atoms with Crippen LogP contribution in [0.2, 0.25) is 0 Å². The molecule has 0 atom stereocenters. The van der Waals surface area contributed by atoms with Gasteiger partial charge in [0.15, 0.2) is 0 Å². The van der Waals surface area contributed by atoms with Gasteiger partial charge in [0.05, 0.1) is 23.1 Å². The average molecular weight is 365 g/mol. The van der Waals surface area contributed by atoms with E-state index >= 15 is 0 Å². The molecule has 0 fully saturated rings. The summed E-state index contributed by atoms with van der Waals surface area (Å²) in [5.74, 6) is -2.01. The lowest BCUT2D eigenvalue weighted by Gasteiger charge is -2.30. The average Bonchev–Trinajstić information content (AvgIpc) is 2.70. The van der Waals surface area contributed by atoms with Crippen molar-refractivity contribution in [3.8, 4) is 0 Å². The van der Waals surface area contributed by atoms with Crippen molar-refractivity contribution in [2.45, 2.75) is 13.0 Å². The van der Waals surface area contributed by atoms with Crippen molar-refractivity contribution in [3.63, 3.8) is 0 Å². The zero-order valence-corrected chi connectivity index (χ0v) is 14.5. The van der Waals surface area contributed by atoms with Gasteiger partial charge in [0.1, 0.15) is 11.6 Å². The predicted molar refractivity (Wildman–Crippen MR) is 99.7 cm³/mol. The van der Waals surface area contributed by atoms with E-state index in [1.165, 1.54) is 23.4 Å². The van der Waals surface area contributed by atoms with Gasteiger partial charge in [-0.2, -0.15) is 0 Å². The summed E-state index contributed by atoms with van der Waals surface area (Å²) in [6.45, 7) is 1.58. The zero-order chi connectivity index (χ0) is 18.8. The molecule has 3 aromatic rings. The number of carbonyl (C=O) groups is 1. The summed E-state index contributed by atoms with van der Waals surface area (Å²) in [6, 6.07) is 13.0. The van der Waals surface area contributed by atoms with Crippen LogP contribution in [0.25, 0.3) is 0 Å². The Bertz CT molecular complexity index is 1010. The quantitative estimate of drug-likeness (QED) is 0.758. The number of hydrogen-bond donors (Lipinski definition) is 1. The van der Waals surface area contributed by atoms with Crippen molar-refractivity contribution in [2.24, 2.45) is 0 Å². The second kappa shape index (κ2) is 7.15. The lowest BCUT2D eigenvalue weighted by molar-refractivity contribution is 0.102. The highest BCUT2D eigenvalue weighted by Crippen LogP contribution is 2.25. The SMILES string of the molecule is O=C(Nc1ccc(F)cc1F)c1cncc(N2CCc3ccccc3C2)c1. The fourth-order valence-corrected chi connectivity index (χ4v) is 3.23. The van der Waals surface area contributed by atoms with Crippen LogP contribution in [0.3, 0.4) is 0 Å². The van der Waals surface area contributed by atoms with Crippen LogP contribution in [-0.2, 0) is 13.0 Å². The van der Waals surface area contributed by atoms with Gasteiger partial charge in [-0.05, 0) is 35.7 Å². The van der Waals surface area contributed by atoms with Crippen LogP contribution in [0.15, 0.2) is 60.9 Å². The Balaban J connectivity index is 1.53. The number of rotatable bonds is 3. The minimum absolute atomic E-state index is 0.0706.